The fourth-order valence-electron chi connectivity index (χ4n) is 1.62. The lowest BCUT2D eigenvalue weighted by atomic mass is 9.82. The van der Waals surface area contributed by atoms with Gasteiger partial charge in [0, 0.05) is 6.54 Å². The number of H-pyrrole nitrogens is 1. The molecule has 0 saturated heterocycles. The third-order valence-corrected chi connectivity index (χ3v) is 3.50. The Kier molecular flexibility index (Phi) is 3.28. The zero-order valence-electron chi connectivity index (χ0n) is 11.3. The van der Waals surface area contributed by atoms with Gasteiger partial charge in [0.05, 0.1) is 11.0 Å². The number of aromatic nitrogens is 2. The lowest BCUT2D eigenvalue weighted by Crippen LogP contribution is -2.25. The monoisotopic (exact) mass is 249 g/mol. The number of imidazole rings is 1. The second kappa shape index (κ2) is 4.59. The van der Waals surface area contributed by atoms with E-state index in [4.69, 9.17) is 0 Å². The first kappa shape index (κ1) is 12.9. The summed E-state index contributed by atoms with van der Waals surface area (Å²) in [5.41, 5.74) is 1.76. The molecule has 0 radical (unpaired) electrons. The minimum Gasteiger partial charge on any atom is -0.356 e. The van der Waals surface area contributed by atoms with Gasteiger partial charge in [0.25, 0.3) is 0 Å². The Balaban J connectivity index is 2.09. The molecule has 0 bridgehead atoms. The fraction of sp³-hybridized carbons (Fsp3) is 0.500. The van der Waals surface area contributed by atoms with Crippen LogP contribution in [0.4, 0.5) is 10.3 Å². The van der Waals surface area contributed by atoms with E-state index in [1.165, 1.54) is 12.1 Å². The standard InChI is InChI=1S/C14H20FN3/c1-9(14(2,3)4)8-16-13-17-11-6-5-10(15)7-12(11)18-13/h5-7,9H,8H2,1-4H3,(H2,16,17,18). The number of nitrogens with zero attached hydrogens (tertiary/aromatic N) is 1. The summed E-state index contributed by atoms with van der Waals surface area (Å²) in [4.78, 5) is 7.46. The second-order valence-corrected chi connectivity index (χ2v) is 5.89. The van der Waals surface area contributed by atoms with Crippen LogP contribution in [-0.2, 0) is 0 Å². The van der Waals surface area contributed by atoms with E-state index in [1.807, 2.05) is 0 Å². The lowest BCUT2D eigenvalue weighted by Gasteiger charge is -2.27. The summed E-state index contributed by atoms with van der Waals surface area (Å²) < 4.78 is 13.0. The Morgan fingerprint density at radius 1 is 1.39 bits per heavy atom. The molecule has 1 unspecified atom stereocenters. The van der Waals surface area contributed by atoms with E-state index in [0.29, 0.717) is 11.9 Å². The summed E-state index contributed by atoms with van der Waals surface area (Å²) in [7, 11) is 0. The van der Waals surface area contributed by atoms with Crippen molar-refractivity contribution in [2.24, 2.45) is 11.3 Å². The van der Waals surface area contributed by atoms with Crippen molar-refractivity contribution in [1.82, 2.24) is 9.97 Å². The van der Waals surface area contributed by atoms with Crippen molar-refractivity contribution in [3.8, 4) is 0 Å². The number of nitrogens with one attached hydrogen (secondary N) is 2. The van der Waals surface area contributed by atoms with Crippen LogP contribution in [0, 0.1) is 17.2 Å². The van der Waals surface area contributed by atoms with Gasteiger partial charge in [0.15, 0.2) is 0 Å². The highest BCUT2D eigenvalue weighted by molar-refractivity contribution is 5.77. The predicted octanol–water partition coefficient (Wildman–Crippen LogP) is 3.80. The Morgan fingerprint density at radius 3 is 2.78 bits per heavy atom. The van der Waals surface area contributed by atoms with Gasteiger partial charge in [-0.25, -0.2) is 9.37 Å². The lowest BCUT2D eigenvalue weighted by molar-refractivity contribution is 0.274. The molecule has 0 spiro atoms. The third kappa shape index (κ3) is 2.81. The highest BCUT2D eigenvalue weighted by atomic mass is 19.1. The van der Waals surface area contributed by atoms with Crippen LogP contribution in [0.5, 0.6) is 0 Å². The molecule has 0 aliphatic carbocycles. The molecule has 0 aliphatic rings. The zero-order chi connectivity index (χ0) is 13.3. The molecule has 2 aromatic rings. The first-order chi connectivity index (χ1) is 8.36. The Labute approximate surface area is 107 Å². The first-order valence-corrected chi connectivity index (χ1v) is 6.25. The summed E-state index contributed by atoms with van der Waals surface area (Å²) >= 11 is 0. The van der Waals surface area contributed by atoms with Gasteiger partial charge in [-0.15, -0.1) is 0 Å². The molecule has 0 fully saturated rings. The van der Waals surface area contributed by atoms with E-state index in [1.54, 1.807) is 6.07 Å². The molecule has 1 aromatic carbocycles. The maximum Gasteiger partial charge on any atom is 0.201 e. The molecule has 2 rings (SSSR count). The molecule has 18 heavy (non-hydrogen) atoms. The van der Waals surface area contributed by atoms with Crippen molar-refractivity contribution >= 4 is 17.0 Å². The maximum absolute atomic E-state index is 13.0. The Bertz CT molecular complexity index is 539. The summed E-state index contributed by atoms with van der Waals surface area (Å²) in [5, 5.41) is 3.27. The molecule has 0 saturated carbocycles. The van der Waals surface area contributed by atoms with Crippen molar-refractivity contribution in [2.75, 3.05) is 11.9 Å². The molecule has 3 nitrogen and oxygen atoms in total. The summed E-state index contributed by atoms with van der Waals surface area (Å²) in [5.74, 6) is 0.968. The largest absolute Gasteiger partial charge is 0.356 e. The number of anilines is 1. The van der Waals surface area contributed by atoms with E-state index < -0.39 is 0 Å². The number of aromatic amines is 1. The number of hydrogen-bond donors (Lipinski definition) is 2. The van der Waals surface area contributed by atoms with Crippen LogP contribution in [0.15, 0.2) is 18.2 Å². The van der Waals surface area contributed by atoms with Crippen LogP contribution in [-0.4, -0.2) is 16.5 Å². The second-order valence-electron chi connectivity index (χ2n) is 5.89. The molecule has 98 valence electrons. The van der Waals surface area contributed by atoms with Gasteiger partial charge in [-0.2, -0.15) is 0 Å². The van der Waals surface area contributed by atoms with Crippen molar-refractivity contribution in [3.05, 3.63) is 24.0 Å². The predicted molar refractivity (Wildman–Crippen MR) is 73.2 cm³/mol. The number of fused-ring (bicyclic) bond motifs is 1. The van der Waals surface area contributed by atoms with Crippen molar-refractivity contribution in [1.29, 1.82) is 0 Å². The van der Waals surface area contributed by atoms with E-state index in [2.05, 4.69) is 43.0 Å². The quantitative estimate of drug-likeness (QED) is 0.868. The molecular formula is C14H20FN3. The molecule has 1 atom stereocenters. The van der Waals surface area contributed by atoms with Gasteiger partial charge in [0.1, 0.15) is 5.82 Å². The van der Waals surface area contributed by atoms with Crippen LogP contribution in [0.25, 0.3) is 11.0 Å². The molecule has 0 amide bonds. The highest BCUT2D eigenvalue weighted by Gasteiger charge is 2.19. The summed E-state index contributed by atoms with van der Waals surface area (Å²) in [6, 6.07) is 4.56. The summed E-state index contributed by atoms with van der Waals surface area (Å²) in [6.07, 6.45) is 0. The molecule has 1 heterocycles. The molecular weight excluding hydrogens is 229 g/mol. The van der Waals surface area contributed by atoms with Gasteiger partial charge in [-0.05, 0) is 29.5 Å². The minimum absolute atomic E-state index is 0.249. The molecule has 2 N–H and O–H groups in total. The van der Waals surface area contributed by atoms with Crippen molar-refractivity contribution in [2.45, 2.75) is 27.7 Å². The van der Waals surface area contributed by atoms with E-state index in [-0.39, 0.29) is 11.2 Å². The Morgan fingerprint density at radius 2 is 2.11 bits per heavy atom. The minimum atomic E-state index is -0.249. The van der Waals surface area contributed by atoms with Crippen LogP contribution >= 0.6 is 0 Å². The van der Waals surface area contributed by atoms with Crippen LogP contribution < -0.4 is 5.32 Å². The number of halogens is 1. The first-order valence-electron chi connectivity index (χ1n) is 6.25. The van der Waals surface area contributed by atoms with Crippen LogP contribution in [0.2, 0.25) is 0 Å². The maximum atomic E-state index is 13.0. The van der Waals surface area contributed by atoms with Crippen molar-refractivity contribution < 1.29 is 4.39 Å². The van der Waals surface area contributed by atoms with E-state index in [0.717, 1.165) is 17.6 Å². The van der Waals surface area contributed by atoms with E-state index in [9.17, 15) is 4.39 Å². The highest BCUT2D eigenvalue weighted by Crippen LogP contribution is 2.25. The molecule has 0 aliphatic heterocycles. The Hall–Kier alpha value is -1.58. The van der Waals surface area contributed by atoms with Crippen LogP contribution in [0.3, 0.4) is 0 Å². The topological polar surface area (TPSA) is 40.7 Å². The normalized spacial score (nSPS) is 13.8. The average Bonchev–Trinajstić information content (AvgIpc) is 2.66. The number of rotatable bonds is 3. The van der Waals surface area contributed by atoms with Gasteiger partial charge >= 0.3 is 0 Å². The molecule has 1 aromatic heterocycles. The van der Waals surface area contributed by atoms with Gasteiger partial charge < -0.3 is 10.3 Å². The SMILES string of the molecule is CC(CNc1nc2ccc(F)cc2[nH]1)C(C)(C)C. The average molecular weight is 249 g/mol. The summed E-state index contributed by atoms with van der Waals surface area (Å²) in [6.45, 7) is 9.69. The van der Waals surface area contributed by atoms with Gasteiger partial charge in [-0.1, -0.05) is 27.7 Å². The zero-order valence-corrected chi connectivity index (χ0v) is 11.3. The molecule has 4 heteroatoms. The van der Waals surface area contributed by atoms with Gasteiger partial charge in [-0.3, -0.25) is 0 Å². The van der Waals surface area contributed by atoms with E-state index >= 15 is 0 Å². The number of benzene rings is 1. The fourth-order valence-corrected chi connectivity index (χ4v) is 1.62. The van der Waals surface area contributed by atoms with Crippen LogP contribution in [0.1, 0.15) is 27.7 Å². The number of hydrogen-bond acceptors (Lipinski definition) is 2. The smallest absolute Gasteiger partial charge is 0.201 e. The third-order valence-electron chi connectivity index (χ3n) is 3.50. The van der Waals surface area contributed by atoms with Crippen molar-refractivity contribution in [3.63, 3.8) is 0 Å². The van der Waals surface area contributed by atoms with Gasteiger partial charge in [0.2, 0.25) is 5.95 Å².